The smallest absolute Gasteiger partial charge is 0.237 e. The van der Waals surface area contributed by atoms with E-state index >= 15 is 0 Å². The quantitative estimate of drug-likeness (QED) is 0.740. The average Bonchev–Trinajstić information content (AvgIpc) is 2.33. The number of carbonyl (C=O) groups is 1. The van der Waals surface area contributed by atoms with Gasteiger partial charge in [0.1, 0.15) is 0 Å². The van der Waals surface area contributed by atoms with Gasteiger partial charge in [0, 0.05) is 12.6 Å². The van der Waals surface area contributed by atoms with Crippen molar-refractivity contribution in [3.63, 3.8) is 0 Å². The van der Waals surface area contributed by atoms with E-state index in [0.717, 1.165) is 31.8 Å². The maximum Gasteiger partial charge on any atom is 0.237 e. The molecule has 0 radical (unpaired) electrons. The van der Waals surface area contributed by atoms with Crippen LogP contribution in [0.3, 0.4) is 0 Å². The molecule has 1 heterocycles. The monoisotopic (exact) mass is 269 g/mol. The summed E-state index contributed by atoms with van der Waals surface area (Å²) in [6.45, 7) is 11.6. The largest absolute Gasteiger partial charge is 0.368 e. The van der Waals surface area contributed by atoms with Gasteiger partial charge in [-0.2, -0.15) is 0 Å². The first-order chi connectivity index (χ1) is 8.89. The van der Waals surface area contributed by atoms with Crippen molar-refractivity contribution in [2.45, 2.75) is 65.0 Å². The molecule has 112 valence electrons. The third-order valence-corrected chi connectivity index (χ3v) is 4.48. The van der Waals surface area contributed by atoms with Crippen LogP contribution in [0.5, 0.6) is 0 Å². The molecule has 1 saturated heterocycles. The third kappa shape index (κ3) is 4.77. The molecule has 3 unspecified atom stereocenters. The highest BCUT2D eigenvalue weighted by Gasteiger charge is 2.30. The summed E-state index contributed by atoms with van der Waals surface area (Å²) < 4.78 is 0. The summed E-state index contributed by atoms with van der Waals surface area (Å²) in [5, 5.41) is 3.22. The first-order valence-electron chi connectivity index (χ1n) is 7.68. The van der Waals surface area contributed by atoms with E-state index < -0.39 is 5.54 Å². The van der Waals surface area contributed by atoms with Gasteiger partial charge >= 0.3 is 0 Å². The molecule has 1 aliphatic rings. The molecule has 0 aromatic rings. The Labute approximate surface area is 118 Å². The van der Waals surface area contributed by atoms with Crippen molar-refractivity contribution in [3.05, 3.63) is 0 Å². The maximum atomic E-state index is 11.6. The Hall–Kier alpha value is -0.610. The van der Waals surface area contributed by atoms with Gasteiger partial charge in [0.15, 0.2) is 0 Å². The second-order valence-corrected chi connectivity index (χ2v) is 6.36. The fourth-order valence-corrected chi connectivity index (χ4v) is 3.02. The summed E-state index contributed by atoms with van der Waals surface area (Å²) in [4.78, 5) is 14.1. The van der Waals surface area contributed by atoms with Crippen molar-refractivity contribution in [1.82, 2.24) is 10.2 Å². The molecule has 1 rings (SSSR count). The number of likely N-dealkylation sites (tertiary alicyclic amines) is 1. The highest BCUT2D eigenvalue weighted by Crippen LogP contribution is 2.22. The summed E-state index contributed by atoms with van der Waals surface area (Å²) in [6.07, 6.45) is 4.47. The highest BCUT2D eigenvalue weighted by atomic mass is 16.1. The van der Waals surface area contributed by atoms with Crippen molar-refractivity contribution in [2.24, 2.45) is 11.7 Å². The Morgan fingerprint density at radius 2 is 2.11 bits per heavy atom. The van der Waals surface area contributed by atoms with E-state index in [2.05, 4.69) is 24.1 Å². The molecule has 0 aromatic heterocycles. The van der Waals surface area contributed by atoms with Gasteiger partial charge in [-0.25, -0.2) is 0 Å². The SMILES string of the molecule is CCNC(C)(CCCN1CC(C)CCC1C)C(N)=O. The second-order valence-electron chi connectivity index (χ2n) is 6.36. The van der Waals surface area contributed by atoms with Gasteiger partial charge in [0.05, 0.1) is 5.54 Å². The molecule has 4 heteroatoms. The van der Waals surface area contributed by atoms with Gasteiger partial charge in [-0.1, -0.05) is 13.8 Å². The van der Waals surface area contributed by atoms with Crippen LogP contribution in [0.1, 0.15) is 53.4 Å². The van der Waals surface area contributed by atoms with E-state index in [4.69, 9.17) is 5.73 Å². The predicted octanol–water partition coefficient (Wildman–Crippen LogP) is 1.74. The van der Waals surface area contributed by atoms with Crippen LogP contribution in [-0.2, 0) is 4.79 Å². The van der Waals surface area contributed by atoms with Crippen LogP contribution in [0.25, 0.3) is 0 Å². The van der Waals surface area contributed by atoms with Crippen LogP contribution < -0.4 is 11.1 Å². The highest BCUT2D eigenvalue weighted by molar-refractivity contribution is 5.84. The molecule has 0 spiro atoms. The molecule has 3 N–H and O–H groups in total. The van der Waals surface area contributed by atoms with E-state index in [0.29, 0.717) is 6.04 Å². The van der Waals surface area contributed by atoms with E-state index in [-0.39, 0.29) is 5.91 Å². The third-order valence-electron chi connectivity index (χ3n) is 4.48. The lowest BCUT2D eigenvalue weighted by Gasteiger charge is -2.37. The molecule has 1 fully saturated rings. The Morgan fingerprint density at radius 3 is 2.68 bits per heavy atom. The van der Waals surface area contributed by atoms with E-state index in [1.54, 1.807) is 0 Å². The summed E-state index contributed by atoms with van der Waals surface area (Å²) in [5.41, 5.74) is 4.95. The number of nitrogens with zero attached hydrogens (tertiary/aromatic N) is 1. The number of nitrogens with one attached hydrogen (secondary N) is 1. The Kier molecular flexibility index (Phi) is 6.27. The standard InChI is InChI=1S/C15H31N3O/c1-5-17-15(4,14(16)19)9-6-10-18-11-12(2)7-8-13(18)3/h12-13,17H,5-11H2,1-4H3,(H2,16,19). The lowest BCUT2D eigenvalue weighted by atomic mass is 9.92. The molecular weight excluding hydrogens is 238 g/mol. The first-order valence-corrected chi connectivity index (χ1v) is 7.68. The molecule has 0 saturated carbocycles. The Bertz CT molecular complexity index is 295. The topological polar surface area (TPSA) is 58.4 Å². The minimum Gasteiger partial charge on any atom is -0.368 e. The first kappa shape index (κ1) is 16.4. The fourth-order valence-electron chi connectivity index (χ4n) is 3.02. The minimum atomic E-state index is -0.556. The number of likely N-dealkylation sites (N-methyl/N-ethyl adjacent to an activating group) is 1. The zero-order valence-corrected chi connectivity index (χ0v) is 13.0. The van der Waals surface area contributed by atoms with Gasteiger partial charge < -0.3 is 16.0 Å². The van der Waals surface area contributed by atoms with E-state index in [1.807, 2.05) is 13.8 Å². The van der Waals surface area contributed by atoms with Crippen LogP contribution in [0.15, 0.2) is 0 Å². The number of amides is 1. The molecule has 1 amide bonds. The van der Waals surface area contributed by atoms with E-state index in [9.17, 15) is 4.79 Å². The van der Waals surface area contributed by atoms with Gasteiger partial charge in [-0.15, -0.1) is 0 Å². The molecule has 1 aliphatic heterocycles. The van der Waals surface area contributed by atoms with Gasteiger partial charge in [-0.05, 0) is 58.5 Å². The number of nitrogens with two attached hydrogens (primary N) is 1. The number of carbonyl (C=O) groups excluding carboxylic acids is 1. The molecule has 0 bridgehead atoms. The van der Waals surface area contributed by atoms with Crippen LogP contribution >= 0.6 is 0 Å². The lowest BCUT2D eigenvalue weighted by molar-refractivity contribution is -0.124. The molecule has 0 aromatic carbocycles. The number of primary amides is 1. The summed E-state index contributed by atoms with van der Waals surface area (Å²) in [6, 6.07) is 0.676. The van der Waals surface area contributed by atoms with Crippen LogP contribution in [-0.4, -0.2) is 42.0 Å². The van der Waals surface area contributed by atoms with Gasteiger partial charge in [-0.3, -0.25) is 4.79 Å². The normalized spacial score (nSPS) is 28.0. The number of rotatable bonds is 7. The van der Waals surface area contributed by atoms with Crippen molar-refractivity contribution in [3.8, 4) is 0 Å². The predicted molar refractivity (Wildman–Crippen MR) is 79.9 cm³/mol. The Balaban J connectivity index is 2.41. The molecule has 4 nitrogen and oxygen atoms in total. The van der Waals surface area contributed by atoms with Crippen LogP contribution in [0.2, 0.25) is 0 Å². The molecular formula is C15H31N3O. The number of hydrogen-bond donors (Lipinski definition) is 2. The molecule has 3 atom stereocenters. The van der Waals surface area contributed by atoms with Crippen molar-refractivity contribution in [2.75, 3.05) is 19.6 Å². The van der Waals surface area contributed by atoms with Crippen LogP contribution in [0, 0.1) is 5.92 Å². The molecule has 0 aliphatic carbocycles. The van der Waals surface area contributed by atoms with Crippen molar-refractivity contribution in [1.29, 1.82) is 0 Å². The zero-order valence-electron chi connectivity index (χ0n) is 13.0. The van der Waals surface area contributed by atoms with Gasteiger partial charge in [0.25, 0.3) is 0 Å². The lowest BCUT2D eigenvalue weighted by Crippen LogP contribution is -2.53. The summed E-state index contributed by atoms with van der Waals surface area (Å²) in [7, 11) is 0. The minimum absolute atomic E-state index is 0.241. The number of piperidine rings is 1. The summed E-state index contributed by atoms with van der Waals surface area (Å²) >= 11 is 0. The van der Waals surface area contributed by atoms with E-state index in [1.165, 1.54) is 19.4 Å². The average molecular weight is 269 g/mol. The van der Waals surface area contributed by atoms with Crippen molar-refractivity contribution < 1.29 is 4.79 Å². The maximum absolute atomic E-state index is 11.6. The fraction of sp³-hybridized carbons (Fsp3) is 0.933. The van der Waals surface area contributed by atoms with Crippen LogP contribution in [0.4, 0.5) is 0 Å². The Morgan fingerprint density at radius 1 is 1.42 bits per heavy atom. The molecule has 19 heavy (non-hydrogen) atoms. The second kappa shape index (κ2) is 7.25. The zero-order chi connectivity index (χ0) is 14.5. The number of hydrogen-bond acceptors (Lipinski definition) is 3. The van der Waals surface area contributed by atoms with Gasteiger partial charge in [0.2, 0.25) is 5.91 Å². The summed E-state index contributed by atoms with van der Waals surface area (Å²) in [5.74, 6) is 0.557. The van der Waals surface area contributed by atoms with Crippen molar-refractivity contribution >= 4 is 5.91 Å².